The molecule has 0 aliphatic heterocycles. The van der Waals surface area contributed by atoms with Crippen molar-refractivity contribution in [3.63, 3.8) is 0 Å². The summed E-state index contributed by atoms with van der Waals surface area (Å²) in [5.41, 5.74) is 5.29. The number of aliphatic hydroxyl groups is 1. The first kappa shape index (κ1) is 12.8. The minimum atomic E-state index is -0.491. The van der Waals surface area contributed by atoms with Gasteiger partial charge in [-0.1, -0.05) is 6.07 Å². The van der Waals surface area contributed by atoms with Crippen LogP contribution in [0.25, 0.3) is 0 Å². The lowest BCUT2D eigenvalue weighted by molar-refractivity contribution is 0.146. The molecule has 16 heavy (non-hydrogen) atoms. The zero-order chi connectivity index (χ0) is 11.8. The minimum Gasteiger partial charge on any atom is -0.494 e. The van der Waals surface area contributed by atoms with Crippen molar-refractivity contribution in [3.8, 4) is 11.5 Å². The molecular weight excluding hydrogens is 206 g/mol. The topological polar surface area (TPSA) is 64.7 Å². The largest absolute Gasteiger partial charge is 0.494 e. The molecule has 1 unspecified atom stereocenters. The molecule has 0 saturated heterocycles. The number of ether oxygens (including phenoxy) is 2. The highest BCUT2D eigenvalue weighted by molar-refractivity contribution is 5.32. The summed E-state index contributed by atoms with van der Waals surface area (Å²) < 4.78 is 10.8. The van der Waals surface area contributed by atoms with Crippen LogP contribution < -0.4 is 15.2 Å². The molecule has 4 heteroatoms. The number of rotatable bonds is 7. The maximum atomic E-state index is 9.25. The number of aliphatic hydroxyl groups excluding tert-OH is 1. The Bertz CT molecular complexity index is 304. The second-order valence-electron chi connectivity index (χ2n) is 3.43. The molecule has 0 saturated carbocycles. The van der Waals surface area contributed by atoms with E-state index >= 15 is 0 Å². The van der Waals surface area contributed by atoms with E-state index in [4.69, 9.17) is 15.2 Å². The zero-order valence-corrected chi connectivity index (χ0v) is 9.56. The third-order valence-electron chi connectivity index (χ3n) is 2.11. The van der Waals surface area contributed by atoms with Gasteiger partial charge in [0, 0.05) is 19.0 Å². The van der Waals surface area contributed by atoms with Gasteiger partial charge in [-0.3, -0.25) is 0 Å². The first-order valence-electron chi connectivity index (χ1n) is 5.50. The van der Waals surface area contributed by atoms with E-state index in [1.165, 1.54) is 0 Å². The van der Waals surface area contributed by atoms with Crippen LogP contribution in [0, 0.1) is 0 Å². The van der Waals surface area contributed by atoms with E-state index in [1.807, 2.05) is 31.2 Å². The lowest BCUT2D eigenvalue weighted by Gasteiger charge is -2.10. The maximum absolute atomic E-state index is 9.25. The van der Waals surface area contributed by atoms with Crippen molar-refractivity contribution >= 4 is 0 Å². The molecule has 3 N–H and O–H groups in total. The highest BCUT2D eigenvalue weighted by atomic mass is 16.5. The van der Waals surface area contributed by atoms with E-state index in [-0.39, 0.29) is 6.54 Å². The number of hydrogen-bond donors (Lipinski definition) is 2. The van der Waals surface area contributed by atoms with E-state index in [0.717, 1.165) is 11.5 Å². The first-order valence-corrected chi connectivity index (χ1v) is 5.50. The number of nitrogens with two attached hydrogens (primary N) is 1. The molecule has 0 fully saturated rings. The van der Waals surface area contributed by atoms with Crippen LogP contribution in [-0.2, 0) is 0 Å². The maximum Gasteiger partial charge on any atom is 0.122 e. The zero-order valence-electron chi connectivity index (χ0n) is 9.56. The van der Waals surface area contributed by atoms with Gasteiger partial charge in [0.2, 0.25) is 0 Å². The van der Waals surface area contributed by atoms with Crippen LogP contribution >= 0.6 is 0 Å². The second kappa shape index (κ2) is 7.09. The van der Waals surface area contributed by atoms with Crippen LogP contribution in [0.2, 0.25) is 0 Å². The van der Waals surface area contributed by atoms with Gasteiger partial charge in [-0.2, -0.15) is 0 Å². The molecule has 0 heterocycles. The molecule has 0 bridgehead atoms. The summed E-state index contributed by atoms with van der Waals surface area (Å²) >= 11 is 0. The summed E-state index contributed by atoms with van der Waals surface area (Å²) in [5, 5.41) is 9.25. The molecule has 1 aromatic rings. The van der Waals surface area contributed by atoms with E-state index in [1.54, 1.807) is 0 Å². The van der Waals surface area contributed by atoms with Gasteiger partial charge in [0.15, 0.2) is 0 Å². The lowest BCUT2D eigenvalue weighted by Crippen LogP contribution is -2.21. The normalized spacial score (nSPS) is 12.2. The van der Waals surface area contributed by atoms with Crippen molar-refractivity contribution in [2.75, 3.05) is 19.8 Å². The van der Waals surface area contributed by atoms with Crippen LogP contribution in [0.15, 0.2) is 24.3 Å². The van der Waals surface area contributed by atoms with Gasteiger partial charge in [0.25, 0.3) is 0 Å². The molecule has 0 aromatic heterocycles. The molecule has 0 radical (unpaired) electrons. The molecule has 4 nitrogen and oxygen atoms in total. The van der Waals surface area contributed by atoms with Gasteiger partial charge >= 0.3 is 0 Å². The summed E-state index contributed by atoms with van der Waals surface area (Å²) in [4.78, 5) is 0. The number of hydrogen-bond acceptors (Lipinski definition) is 4. The van der Waals surface area contributed by atoms with Crippen molar-refractivity contribution in [2.24, 2.45) is 5.73 Å². The monoisotopic (exact) mass is 225 g/mol. The Balaban J connectivity index is 2.38. The molecule has 1 atom stereocenters. The minimum absolute atomic E-state index is 0.266. The van der Waals surface area contributed by atoms with Crippen LogP contribution in [0.3, 0.4) is 0 Å². The fourth-order valence-corrected chi connectivity index (χ4v) is 1.25. The summed E-state index contributed by atoms with van der Waals surface area (Å²) in [6, 6.07) is 7.44. The van der Waals surface area contributed by atoms with Crippen LogP contribution in [0.1, 0.15) is 13.3 Å². The second-order valence-corrected chi connectivity index (χ2v) is 3.43. The molecule has 0 aliphatic carbocycles. The molecule has 0 spiro atoms. The quantitative estimate of drug-likeness (QED) is 0.731. The number of benzene rings is 1. The van der Waals surface area contributed by atoms with Gasteiger partial charge in [-0.05, 0) is 19.1 Å². The van der Waals surface area contributed by atoms with Gasteiger partial charge in [0.05, 0.1) is 19.3 Å². The fourth-order valence-electron chi connectivity index (χ4n) is 1.25. The van der Waals surface area contributed by atoms with Gasteiger partial charge in [0.1, 0.15) is 11.5 Å². The predicted octanol–water partition coefficient (Wildman–Crippen LogP) is 1.17. The van der Waals surface area contributed by atoms with E-state index in [0.29, 0.717) is 19.6 Å². The highest BCUT2D eigenvalue weighted by Gasteiger charge is 2.02. The van der Waals surface area contributed by atoms with Gasteiger partial charge in [-0.25, -0.2) is 0 Å². The van der Waals surface area contributed by atoms with Crippen molar-refractivity contribution in [1.82, 2.24) is 0 Å². The van der Waals surface area contributed by atoms with Gasteiger partial charge < -0.3 is 20.3 Å². The average molecular weight is 225 g/mol. The van der Waals surface area contributed by atoms with E-state index in [9.17, 15) is 5.11 Å². The Morgan fingerprint density at radius 3 is 2.62 bits per heavy atom. The van der Waals surface area contributed by atoms with Crippen molar-refractivity contribution in [2.45, 2.75) is 19.4 Å². The van der Waals surface area contributed by atoms with Gasteiger partial charge in [-0.15, -0.1) is 0 Å². The van der Waals surface area contributed by atoms with Crippen molar-refractivity contribution in [1.29, 1.82) is 0 Å². The summed E-state index contributed by atoms with van der Waals surface area (Å²) in [6.45, 7) is 3.29. The molecule has 1 rings (SSSR count). The Morgan fingerprint density at radius 1 is 1.31 bits per heavy atom. The van der Waals surface area contributed by atoms with Crippen LogP contribution in [0.4, 0.5) is 0 Å². The highest BCUT2D eigenvalue weighted by Crippen LogP contribution is 2.19. The Hall–Kier alpha value is -1.26. The van der Waals surface area contributed by atoms with E-state index < -0.39 is 6.10 Å². The van der Waals surface area contributed by atoms with Crippen LogP contribution in [-0.4, -0.2) is 31.0 Å². The molecule has 0 aliphatic rings. The third-order valence-corrected chi connectivity index (χ3v) is 2.11. The molecule has 0 amide bonds. The Kier molecular flexibility index (Phi) is 5.67. The van der Waals surface area contributed by atoms with Crippen LogP contribution in [0.5, 0.6) is 11.5 Å². The third kappa shape index (κ3) is 4.51. The average Bonchev–Trinajstić information content (AvgIpc) is 2.30. The standard InChI is InChI=1S/C12H19NO3/c1-2-15-11-4-3-5-12(8-11)16-7-6-10(14)9-13/h3-5,8,10,14H,2,6-7,9,13H2,1H3. The lowest BCUT2D eigenvalue weighted by atomic mass is 10.2. The van der Waals surface area contributed by atoms with Crippen molar-refractivity contribution < 1.29 is 14.6 Å². The predicted molar refractivity (Wildman–Crippen MR) is 62.8 cm³/mol. The Labute approximate surface area is 96.0 Å². The smallest absolute Gasteiger partial charge is 0.122 e. The summed E-state index contributed by atoms with van der Waals surface area (Å²) in [6.07, 6.45) is 0.0464. The van der Waals surface area contributed by atoms with Crippen molar-refractivity contribution in [3.05, 3.63) is 24.3 Å². The molecule has 90 valence electrons. The first-order chi connectivity index (χ1) is 7.76. The van der Waals surface area contributed by atoms with E-state index in [2.05, 4.69) is 0 Å². The Morgan fingerprint density at radius 2 is 2.00 bits per heavy atom. The summed E-state index contributed by atoms with van der Waals surface area (Å²) in [5.74, 6) is 1.54. The summed E-state index contributed by atoms with van der Waals surface area (Å²) in [7, 11) is 0. The SMILES string of the molecule is CCOc1cccc(OCCC(O)CN)c1. The molecular formula is C12H19NO3. The fraction of sp³-hybridized carbons (Fsp3) is 0.500. The molecule has 1 aromatic carbocycles.